The summed E-state index contributed by atoms with van der Waals surface area (Å²) in [7, 11) is 0. The van der Waals surface area contributed by atoms with Gasteiger partial charge < -0.3 is 10.5 Å². The van der Waals surface area contributed by atoms with Crippen LogP contribution in [0, 0.1) is 5.82 Å². The molecule has 0 saturated carbocycles. The Bertz CT molecular complexity index is 760. The van der Waals surface area contributed by atoms with E-state index in [9.17, 15) is 4.39 Å². The van der Waals surface area contributed by atoms with Gasteiger partial charge in [0.25, 0.3) is 0 Å². The molecule has 1 unspecified atom stereocenters. The van der Waals surface area contributed by atoms with Crippen LogP contribution in [-0.4, -0.2) is 11.6 Å². The molecule has 3 rings (SSSR count). The highest BCUT2D eigenvalue weighted by Crippen LogP contribution is 2.20. The molecule has 2 N–H and O–H groups in total. The van der Waals surface area contributed by atoms with Crippen molar-refractivity contribution in [2.45, 2.75) is 6.04 Å². The summed E-state index contributed by atoms with van der Waals surface area (Å²) in [6, 6.07) is 15.5. The Balaban J connectivity index is 1.71. The number of aromatic nitrogens is 1. The monoisotopic (exact) mass is 282 g/mol. The van der Waals surface area contributed by atoms with Crippen molar-refractivity contribution in [1.29, 1.82) is 0 Å². The van der Waals surface area contributed by atoms with E-state index in [2.05, 4.69) is 4.98 Å². The quantitative estimate of drug-likeness (QED) is 0.797. The van der Waals surface area contributed by atoms with Crippen LogP contribution >= 0.6 is 0 Å². The molecule has 3 nitrogen and oxygen atoms in total. The van der Waals surface area contributed by atoms with Crippen molar-refractivity contribution >= 4 is 10.9 Å². The number of nitrogens with zero attached hydrogens (tertiary/aromatic N) is 1. The van der Waals surface area contributed by atoms with Crippen LogP contribution in [0.25, 0.3) is 10.9 Å². The molecule has 21 heavy (non-hydrogen) atoms. The van der Waals surface area contributed by atoms with Gasteiger partial charge in [-0.25, -0.2) is 4.39 Å². The van der Waals surface area contributed by atoms with E-state index in [-0.39, 0.29) is 18.5 Å². The first kappa shape index (κ1) is 13.5. The lowest BCUT2D eigenvalue weighted by Gasteiger charge is -2.14. The summed E-state index contributed by atoms with van der Waals surface area (Å²) in [5, 5.41) is 1.05. The van der Waals surface area contributed by atoms with Gasteiger partial charge in [-0.1, -0.05) is 18.2 Å². The van der Waals surface area contributed by atoms with Gasteiger partial charge in [0.1, 0.15) is 18.2 Å². The summed E-state index contributed by atoms with van der Waals surface area (Å²) in [4.78, 5) is 4.28. The fourth-order valence-corrected chi connectivity index (χ4v) is 2.16. The second-order valence-corrected chi connectivity index (χ2v) is 4.83. The lowest BCUT2D eigenvalue weighted by Crippen LogP contribution is -2.19. The standard InChI is InChI=1S/C17H15FN2O/c18-14-5-1-3-13(9-14)16(19)11-21-15-7-6-12-4-2-8-20-17(12)10-15/h1-10,16H,11,19H2. The van der Waals surface area contributed by atoms with E-state index in [1.807, 2.05) is 30.3 Å². The van der Waals surface area contributed by atoms with Gasteiger partial charge in [0.15, 0.2) is 0 Å². The molecular weight excluding hydrogens is 267 g/mol. The fourth-order valence-electron chi connectivity index (χ4n) is 2.16. The topological polar surface area (TPSA) is 48.1 Å². The minimum Gasteiger partial charge on any atom is -0.492 e. The molecule has 3 aromatic rings. The molecule has 2 aromatic carbocycles. The summed E-state index contributed by atoms with van der Waals surface area (Å²) in [6.07, 6.45) is 1.74. The van der Waals surface area contributed by atoms with Crippen molar-refractivity contribution in [3.8, 4) is 5.75 Å². The molecule has 0 aliphatic rings. The van der Waals surface area contributed by atoms with Crippen LogP contribution in [0.15, 0.2) is 60.8 Å². The van der Waals surface area contributed by atoms with E-state index in [1.165, 1.54) is 12.1 Å². The van der Waals surface area contributed by atoms with Crippen LogP contribution in [0.5, 0.6) is 5.75 Å². The van der Waals surface area contributed by atoms with Crippen molar-refractivity contribution in [2.75, 3.05) is 6.61 Å². The lowest BCUT2D eigenvalue weighted by atomic mass is 10.1. The Morgan fingerprint density at radius 3 is 2.86 bits per heavy atom. The zero-order valence-corrected chi connectivity index (χ0v) is 11.4. The Kier molecular flexibility index (Phi) is 3.79. The second-order valence-electron chi connectivity index (χ2n) is 4.83. The highest BCUT2D eigenvalue weighted by molar-refractivity contribution is 5.79. The van der Waals surface area contributed by atoms with Gasteiger partial charge in [-0.2, -0.15) is 0 Å². The molecule has 4 heteroatoms. The van der Waals surface area contributed by atoms with Crippen LogP contribution < -0.4 is 10.5 Å². The van der Waals surface area contributed by atoms with Gasteiger partial charge >= 0.3 is 0 Å². The molecule has 0 spiro atoms. The molecule has 0 radical (unpaired) electrons. The predicted molar refractivity (Wildman–Crippen MR) is 80.6 cm³/mol. The van der Waals surface area contributed by atoms with Crippen molar-refractivity contribution in [1.82, 2.24) is 4.98 Å². The molecule has 0 aliphatic carbocycles. The average Bonchev–Trinajstić information content (AvgIpc) is 2.52. The number of hydrogen-bond acceptors (Lipinski definition) is 3. The molecule has 1 atom stereocenters. The summed E-state index contributed by atoms with van der Waals surface area (Å²) in [5.41, 5.74) is 7.60. The maximum atomic E-state index is 13.2. The maximum Gasteiger partial charge on any atom is 0.123 e. The molecule has 106 valence electrons. The van der Waals surface area contributed by atoms with Crippen molar-refractivity contribution in [3.63, 3.8) is 0 Å². The number of halogens is 1. The van der Waals surface area contributed by atoms with Crippen molar-refractivity contribution in [2.24, 2.45) is 5.73 Å². The zero-order chi connectivity index (χ0) is 14.7. The second kappa shape index (κ2) is 5.89. The van der Waals surface area contributed by atoms with E-state index in [0.29, 0.717) is 11.3 Å². The highest BCUT2D eigenvalue weighted by atomic mass is 19.1. The smallest absolute Gasteiger partial charge is 0.123 e. The Hall–Kier alpha value is -2.46. The molecule has 0 saturated heterocycles. The third-order valence-electron chi connectivity index (χ3n) is 3.28. The average molecular weight is 282 g/mol. The Morgan fingerprint density at radius 2 is 2.00 bits per heavy atom. The number of nitrogens with two attached hydrogens (primary N) is 1. The maximum absolute atomic E-state index is 13.2. The number of ether oxygens (including phenoxy) is 1. The number of benzene rings is 2. The first-order valence-electron chi connectivity index (χ1n) is 6.71. The van der Waals surface area contributed by atoms with Crippen LogP contribution in [0.1, 0.15) is 11.6 Å². The molecule has 0 fully saturated rings. The summed E-state index contributed by atoms with van der Waals surface area (Å²) >= 11 is 0. The van der Waals surface area contributed by atoms with Crippen molar-refractivity contribution in [3.05, 3.63) is 72.2 Å². The van der Waals surface area contributed by atoms with E-state index >= 15 is 0 Å². The van der Waals surface area contributed by atoms with Gasteiger partial charge in [0.05, 0.1) is 11.6 Å². The number of pyridine rings is 1. The first-order valence-corrected chi connectivity index (χ1v) is 6.71. The summed E-state index contributed by atoms with van der Waals surface area (Å²) < 4.78 is 18.8. The van der Waals surface area contributed by atoms with Crippen LogP contribution in [0.2, 0.25) is 0 Å². The third kappa shape index (κ3) is 3.17. The van der Waals surface area contributed by atoms with Crippen LogP contribution in [-0.2, 0) is 0 Å². The normalized spacial score (nSPS) is 12.3. The predicted octanol–water partition coefficient (Wildman–Crippen LogP) is 3.45. The van der Waals surface area contributed by atoms with Crippen LogP contribution in [0.4, 0.5) is 4.39 Å². The largest absolute Gasteiger partial charge is 0.492 e. The van der Waals surface area contributed by atoms with Crippen LogP contribution in [0.3, 0.4) is 0 Å². The van der Waals surface area contributed by atoms with Gasteiger partial charge in [-0.15, -0.1) is 0 Å². The summed E-state index contributed by atoms with van der Waals surface area (Å²) in [6.45, 7) is 0.280. The zero-order valence-electron chi connectivity index (χ0n) is 11.4. The lowest BCUT2D eigenvalue weighted by molar-refractivity contribution is 0.291. The van der Waals surface area contributed by atoms with E-state index in [0.717, 1.165) is 10.9 Å². The molecule has 0 aliphatic heterocycles. The van der Waals surface area contributed by atoms with E-state index in [4.69, 9.17) is 10.5 Å². The minimum absolute atomic E-state index is 0.280. The molecule has 1 heterocycles. The van der Waals surface area contributed by atoms with Crippen molar-refractivity contribution < 1.29 is 9.13 Å². The highest BCUT2D eigenvalue weighted by Gasteiger charge is 2.08. The van der Waals surface area contributed by atoms with Gasteiger partial charge in [0, 0.05) is 17.6 Å². The Labute approximate surface area is 122 Å². The number of rotatable bonds is 4. The molecule has 0 bridgehead atoms. The molecule has 1 aromatic heterocycles. The van der Waals surface area contributed by atoms with Gasteiger partial charge in [0.2, 0.25) is 0 Å². The van der Waals surface area contributed by atoms with E-state index in [1.54, 1.807) is 18.3 Å². The number of hydrogen-bond donors (Lipinski definition) is 1. The Morgan fingerprint density at radius 1 is 1.10 bits per heavy atom. The van der Waals surface area contributed by atoms with Gasteiger partial charge in [-0.3, -0.25) is 4.98 Å². The molecular formula is C17H15FN2O. The molecule has 0 amide bonds. The SMILES string of the molecule is NC(COc1ccc2cccnc2c1)c1cccc(F)c1. The van der Waals surface area contributed by atoms with Gasteiger partial charge in [-0.05, 0) is 35.9 Å². The van der Waals surface area contributed by atoms with E-state index < -0.39 is 0 Å². The summed E-state index contributed by atoms with van der Waals surface area (Å²) in [5.74, 6) is 0.408. The third-order valence-corrected chi connectivity index (χ3v) is 3.28. The number of fused-ring (bicyclic) bond motifs is 1. The minimum atomic E-state index is -0.375. The fraction of sp³-hybridized carbons (Fsp3) is 0.118. The first-order chi connectivity index (χ1) is 10.2.